The number of aliphatic hydroxyl groups is 4. The summed E-state index contributed by atoms with van der Waals surface area (Å²) in [6.45, 7) is 1.50. The van der Waals surface area contributed by atoms with Crippen molar-refractivity contribution in [2.45, 2.75) is 69.4 Å². The first-order chi connectivity index (χ1) is 19.5. The van der Waals surface area contributed by atoms with Gasteiger partial charge < -0.3 is 30.7 Å². The molecular formula is C30H38N4O6. The Hall–Kier alpha value is -2.99. The second-order valence-corrected chi connectivity index (χ2v) is 10.8. The van der Waals surface area contributed by atoms with E-state index in [1.54, 1.807) is 30.3 Å². The number of benzene rings is 2. The molecule has 4 atom stereocenters. The lowest BCUT2D eigenvalue weighted by atomic mass is 9.83. The summed E-state index contributed by atoms with van der Waals surface area (Å²) in [6, 6.07) is 9.36. The van der Waals surface area contributed by atoms with Gasteiger partial charge in [-0.15, -0.1) is 0 Å². The fraction of sp³-hybridized carbons (Fsp3) is 0.500. The van der Waals surface area contributed by atoms with Crippen LogP contribution >= 0.6 is 0 Å². The predicted octanol–water partition coefficient (Wildman–Crippen LogP) is 1.53. The van der Waals surface area contributed by atoms with Crippen molar-refractivity contribution < 1.29 is 30.0 Å². The van der Waals surface area contributed by atoms with Crippen LogP contribution in [0.25, 0.3) is 11.0 Å². The van der Waals surface area contributed by atoms with Crippen molar-refractivity contribution in [1.82, 2.24) is 20.2 Å². The van der Waals surface area contributed by atoms with Crippen molar-refractivity contribution in [1.29, 1.82) is 0 Å². The minimum absolute atomic E-state index is 0.146. The van der Waals surface area contributed by atoms with Crippen molar-refractivity contribution in [3.8, 4) is 0 Å². The number of rotatable bonds is 13. The van der Waals surface area contributed by atoms with Crippen molar-refractivity contribution in [2.24, 2.45) is 0 Å². The molecule has 1 aliphatic carbocycles. The molecule has 10 nitrogen and oxygen atoms in total. The Bertz CT molecular complexity index is 1340. The summed E-state index contributed by atoms with van der Waals surface area (Å²) in [5.74, 6) is 0.410. The van der Waals surface area contributed by atoms with Crippen molar-refractivity contribution in [3.63, 3.8) is 0 Å². The predicted molar refractivity (Wildman–Crippen MR) is 149 cm³/mol. The van der Waals surface area contributed by atoms with Gasteiger partial charge in [0.25, 0.3) is 0 Å². The number of nitrogens with zero attached hydrogens (tertiary/aromatic N) is 2. The van der Waals surface area contributed by atoms with E-state index in [0.29, 0.717) is 40.9 Å². The first-order valence-corrected chi connectivity index (χ1v) is 14.2. The van der Waals surface area contributed by atoms with Crippen LogP contribution in [0.2, 0.25) is 0 Å². The fourth-order valence-electron chi connectivity index (χ4n) is 6.10. The number of hydrogen-bond donors (Lipinski definition) is 6. The van der Waals surface area contributed by atoms with E-state index >= 15 is 0 Å². The third kappa shape index (κ3) is 5.47. The number of fused-ring (bicyclic) bond motifs is 4. The van der Waals surface area contributed by atoms with E-state index in [9.17, 15) is 30.0 Å². The number of ketones is 2. The van der Waals surface area contributed by atoms with Crippen LogP contribution in [0.3, 0.4) is 0 Å². The highest BCUT2D eigenvalue weighted by atomic mass is 16.3. The molecule has 0 saturated carbocycles. The normalized spacial score (nSPS) is 22.7. The van der Waals surface area contributed by atoms with E-state index in [-0.39, 0.29) is 24.8 Å². The van der Waals surface area contributed by atoms with Crippen LogP contribution in [0.15, 0.2) is 36.4 Å². The van der Waals surface area contributed by atoms with Crippen LogP contribution in [0.1, 0.15) is 76.2 Å². The Morgan fingerprint density at radius 2 is 1.43 bits per heavy atom. The molecule has 5 rings (SSSR count). The van der Waals surface area contributed by atoms with Crippen molar-refractivity contribution >= 4 is 22.6 Å². The lowest BCUT2D eigenvalue weighted by molar-refractivity contribution is 0.0130. The van der Waals surface area contributed by atoms with Crippen molar-refractivity contribution in [3.05, 3.63) is 64.5 Å². The number of H-pyrrole nitrogens is 1. The second-order valence-electron chi connectivity index (χ2n) is 10.8. The number of aromatic amines is 1. The molecule has 0 bridgehead atoms. The molecule has 1 fully saturated rings. The molecule has 2 aromatic carbocycles. The highest BCUT2D eigenvalue weighted by molar-refractivity contribution is 6.31. The topological polar surface area (TPSA) is 159 Å². The van der Waals surface area contributed by atoms with Gasteiger partial charge in [-0.2, -0.15) is 0 Å². The molecular weight excluding hydrogens is 512 g/mol. The number of unbranched alkanes of at least 4 members (excludes halogenated alkanes) is 5. The molecule has 6 N–H and O–H groups in total. The van der Waals surface area contributed by atoms with Gasteiger partial charge in [-0.25, -0.2) is 4.98 Å². The van der Waals surface area contributed by atoms with Gasteiger partial charge in [-0.3, -0.25) is 14.5 Å². The number of carbonyl (C=O) groups is 2. The SMILES string of the molecule is O=C1c2ccccc2C(=O)c2c1ccc1[nH]c(CNCCCCCCCCN3[C@@H](CO)[C@@H](O)[C@H](O)[C@@H]3CO)nc21. The maximum Gasteiger partial charge on any atom is 0.196 e. The van der Waals surface area contributed by atoms with Gasteiger partial charge in [-0.1, -0.05) is 49.9 Å². The molecule has 1 aliphatic heterocycles. The molecule has 0 unspecified atom stereocenters. The third-order valence-corrected chi connectivity index (χ3v) is 8.27. The average molecular weight is 551 g/mol. The van der Waals surface area contributed by atoms with Crippen LogP contribution < -0.4 is 5.32 Å². The second kappa shape index (κ2) is 12.7. The van der Waals surface area contributed by atoms with Crippen LogP contribution in [-0.4, -0.2) is 97.5 Å². The summed E-state index contributed by atoms with van der Waals surface area (Å²) in [5.41, 5.74) is 2.92. The average Bonchev–Trinajstić information content (AvgIpc) is 3.49. The van der Waals surface area contributed by atoms with E-state index in [0.717, 1.165) is 56.4 Å². The summed E-state index contributed by atoms with van der Waals surface area (Å²) in [7, 11) is 0. The zero-order valence-electron chi connectivity index (χ0n) is 22.6. The minimum atomic E-state index is -1.04. The number of aliphatic hydroxyl groups excluding tert-OH is 4. The van der Waals surface area contributed by atoms with Gasteiger partial charge in [0, 0.05) is 16.7 Å². The lowest BCUT2D eigenvalue weighted by Gasteiger charge is -2.28. The van der Waals surface area contributed by atoms with E-state index in [1.807, 2.05) is 11.0 Å². The zero-order chi connectivity index (χ0) is 28.2. The Labute approximate surface area is 233 Å². The molecule has 10 heteroatoms. The maximum atomic E-state index is 13.2. The smallest absolute Gasteiger partial charge is 0.196 e. The molecule has 0 amide bonds. The Morgan fingerprint density at radius 1 is 0.800 bits per heavy atom. The minimum Gasteiger partial charge on any atom is -0.395 e. The van der Waals surface area contributed by atoms with E-state index < -0.39 is 24.3 Å². The summed E-state index contributed by atoms with van der Waals surface area (Å²) in [6.07, 6.45) is 4.05. The molecule has 0 radical (unpaired) electrons. The molecule has 0 spiro atoms. The molecule has 3 aromatic rings. The summed E-state index contributed by atoms with van der Waals surface area (Å²) < 4.78 is 0. The molecule has 214 valence electrons. The molecule has 40 heavy (non-hydrogen) atoms. The van der Waals surface area contributed by atoms with Gasteiger partial charge in [0.1, 0.15) is 11.3 Å². The fourth-order valence-corrected chi connectivity index (χ4v) is 6.10. The maximum absolute atomic E-state index is 13.2. The van der Waals surface area contributed by atoms with Gasteiger partial charge in [0.2, 0.25) is 0 Å². The third-order valence-electron chi connectivity index (χ3n) is 8.27. The molecule has 2 aliphatic rings. The summed E-state index contributed by atoms with van der Waals surface area (Å²) in [4.78, 5) is 35.9. The van der Waals surface area contributed by atoms with E-state index in [2.05, 4.69) is 15.3 Å². The van der Waals surface area contributed by atoms with E-state index in [4.69, 9.17) is 0 Å². The first kappa shape index (κ1) is 28.5. The number of nitrogens with one attached hydrogen (secondary N) is 2. The van der Waals surface area contributed by atoms with Gasteiger partial charge in [0.15, 0.2) is 11.6 Å². The molecule has 1 saturated heterocycles. The standard InChI is InChI=1S/C30H38N4O6/c35-16-22-29(39)30(40)23(17-36)34(22)14-8-4-2-1-3-7-13-31-15-24-32-21-12-11-20-25(26(21)33-24)28(38)19-10-6-5-9-18(19)27(20)37/h5-6,9-12,22-23,29-31,35-36,39-40H,1-4,7-8,13-17H2,(H,32,33)/t22-,23-,29+,30+/m0/s1. The summed E-state index contributed by atoms with van der Waals surface area (Å²) in [5, 5.41) is 42.7. The highest BCUT2D eigenvalue weighted by Gasteiger charge is 2.46. The number of hydrogen-bond acceptors (Lipinski definition) is 9. The Kier molecular flexibility index (Phi) is 9.04. The zero-order valence-corrected chi connectivity index (χ0v) is 22.6. The van der Waals surface area contributed by atoms with Crippen molar-refractivity contribution in [2.75, 3.05) is 26.3 Å². The summed E-state index contributed by atoms with van der Waals surface area (Å²) >= 11 is 0. The van der Waals surface area contributed by atoms with Crippen LogP contribution in [0.5, 0.6) is 0 Å². The Morgan fingerprint density at radius 3 is 2.10 bits per heavy atom. The highest BCUT2D eigenvalue weighted by Crippen LogP contribution is 2.31. The van der Waals surface area contributed by atoms with Crippen LogP contribution in [0.4, 0.5) is 0 Å². The Balaban J connectivity index is 1.03. The molecule has 2 heterocycles. The van der Waals surface area contributed by atoms with Gasteiger partial charge in [0.05, 0.1) is 55.1 Å². The first-order valence-electron chi connectivity index (χ1n) is 14.2. The number of likely N-dealkylation sites (tertiary alicyclic amines) is 1. The largest absolute Gasteiger partial charge is 0.395 e. The lowest BCUT2D eigenvalue weighted by Crippen LogP contribution is -2.43. The number of aromatic nitrogens is 2. The number of imidazole rings is 1. The molecule has 1 aromatic heterocycles. The quantitative estimate of drug-likeness (QED) is 0.136. The van der Waals surface area contributed by atoms with Gasteiger partial charge in [-0.05, 0) is 38.1 Å². The van der Waals surface area contributed by atoms with Gasteiger partial charge >= 0.3 is 0 Å². The van der Waals surface area contributed by atoms with Crippen LogP contribution in [0, 0.1) is 0 Å². The van der Waals surface area contributed by atoms with E-state index in [1.165, 1.54) is 0 Å². The monoisotopic (exact) mass is 550 g/mol. The number of carbonyl (C=O) groups excluding carboxylic acids is 2. The van der Waals surface area contributed by atoms with Crippen LogP contribution in [-0.2, 0) is 6.54 Å².